The lowest BCUT2D eigenvalue weighted by atomic mass is 10.2. The highest BCUT2D eigenvalue weighted by Gasteiger charge is 2.20. The number of nitrogens with zero attached hydrogens (tertiary/aromatic N) is 1. The van der Waals surface area contributed by atoms with Crippen LogP contribution >= 0.6 is 0 Å². The van der Waals surface area contributed by atoms with Gasteiger partial charge in [0.2, 0.25) is 9.84 Å². The highest BCUT2D eigenvalue weighted by Crippen LogP contribution is 2.31. The summed E-state index contributed by atoms with van der Waals surface area (Å²) in [5.41, 5.74) is -0.367. The van der Waals surface area contributed by atoms with Crippen molar-refractivity contribution in [2.45, 2.75) is 9.79 Å². The number of sulfone groups is 1. The van der Waals surface area contributed by atoms with Crippen LogP contribution in [0, 0.1) is 17.1 Å². The van der Waals surface area contributed by atoms with Gasteiger partial charge in [-0.25, -0.2) is 12.8 Å². The van der Waals surface area contributed by atoms with E-state index in [-0.39, 0.29) is 26.9 Å². The Balaban J connectivity index is 2.57. The van der Waals surface area contributed by atoms with E-state index in [0.29, 0.717) is 0 Å². The summed E-state index contributed by atoms with van der Waals surface area (Å²) < 4.78 is 42.8. The fraction of sp³-hybridized carbons (Fsp3) is 0.0714. The number of halogens is 1. The molecular formula is C14H10FNO4S. The highest BCUT2D eigenvalue weighted by atomic mass is 32.2. The third kappa shape index (κ3) is 2.66. The van der Waals surface area contributed by atoms with Crippen LogP contribution in [-0.2, 0) is 9.84 Å². The molecule has 0 aliphatic rings. The minimum Gasteiger partial charge on any atom is -0.504 e. The fourth-order valence-corrected chi connectivity index (χ4v) is 3.04. The third-order valence-corrected chi connectivity index (χ3v) is 4.58. The number of hydrogen-bond acceptors (Lipinski definition) is 5. The van der Waals surface area contributed by atoms with Crippen molar-refractivity contribution >= 4 is 9.84 Å². The molecule has 2 rings (SSSR count). The predicted octanol–water partition coefficient (Wildman–Crippen LogP) is 2.24. The molecule has 0 radical (unpaired) electrons. The lowest BCUT2D eigenvalue weighted by molar-refractivity contribution is 0.372. The summed E-state index contributed by atoms with van der Waals surface area (Å²) in [6, 6.07) is 8.09. The van der Waals surface area contributed by atoms with E-state index in [1.54, 1.807) is 6.07 Å². The van der Waals surface area contributed by atoms with Gasteiger partial charge >= 0.3 is 0 Å². The summed E-state index contributed by atoms with van der Waals surface area (Å²) in [7, 11) is -2.63. The largest absolute Gasteiger partial charge is 0.504 e. The van der Waals surface area contributed by atoms with Crippen molar-refractivity contribution in [3.8, 4) is 17.6 Å². The molecule has 7 heteroatoms. The van der Waals surface area contributed by atoms with Crippen LogP contribution in [0.2, 0.25) is 0 Å². The van der Waals surface area contributed by atoms with E-state index in [2.05, 4.69) is 0 Å². The van der Waals surface area contributed by atoms with Crippen molar-refractivity contribution in [2.75, 3.05) is 7.11 Å². The zero-order valence-electron chi connectivity index (χ0n) is 10.9. The summed E-state index contributed by atoms with van der Waals surface area (Å²) >= 11 is 0. The minimum atomic E-state index is -3.97. The van der Waals surface area contributed by atoms with Gasteiger partial charge in [-0.3, -0.25) is 0 Å². The van der Waals surface area contributed by atoms with Crippen molar-refractivity contribution in [3.63, 3.8) is 0 Å². The molecule has 0 atom stereocenters. The number of ether oxygens (including phenoxy) is 1. The molecule has 0 bridgehead atoms. The molecule has 21 heavy (non-hydrogen) atoms. The zero-order chi connectivity index (χ0) is 15.6. The molecular weight excluding hydrogens is 297 g/mol. The van der Waals surface area contributed by atoms with Gasteiger partial charge in [0.25, 0.3) is 0 Å². The Morgan fingerprint density at radius 3 is 2.38 bits per heavy atom. The standard InChI is InChI=1S/C14H10FNO4S/c1-20-14-5-3-11(7-13(14)17)21(18,19)10-2-4-12(15)9(6-10)8-16/h2-7,17H,1H3. The average molecular weight is 307 g/mol. The molecule has 0 fully saturated rings. The van der Waals surface area contributed by atoms with Crippen LogP contribution in [0.15, 0.2) is 46.2 Å². The minimum absolute atomic E-state index is 0.130. The Labute approximate surface area is 120 Å². The second kappa shape index (κ2) is 5.42. The number of methoxy groups -OCH3 is 1. The number of benzene rings is 2. The lowest BCUT2D eigenvalue weighted by Crippen LogP contribution is -2.03. The van der Waals surface area contributed by atoms with Gasteiger partial charge in [0, 0.05) is 6.07 Å². The monoisotopic (exact) mass is 307 g/mol. The number of aromatic hydroxyl groups is 1. The van der Waals surface area contributed by atoms with E-state index in [1.807, 2.05) is 0 Å². The van der Waals surface area contributed by atoms with Gasteiger partial charge in [0.1, 0.15) is 11.9 Å². The Hall–Kier alpha value is -2.59. The molecule has 0 heterocycles. The Morgan fingerprint density at radius 1 is 1.19 bits per heavy atom. The number of rotatable bonds is 3. The van der Waals surface area contributed by atoms with Gasteiger partial charge in [0.15, 0.2) is 11.5 Å². The van der Waals surface area contributed by atoms with Gasteiger partial charge in [-0.15, -0.1) is 0 Å². The van der Waals surface area contributed by atoms with Crippen LogP contribution in [0.3, 0.4) is 0 Å². The van der Waals surface area contributed by atoms with Crippen molar-refractivity contribution in [1.29, 1.82) is 5.26 Å². The van der Waals surface area contributed by atoms with Crippen LogP contribution < -0.4 is 4.74 Å². The second-order valence-corrected chi connectivity index (χ2v) is 6.04. The zero-order valence-corrected chi connectivity index (χ0v) is 11.7. The van der Waals surface area contributed by atoms with E-state index < -0.39 is 15.7 Å². The first-order chi connectivity index (χ1) is 9.90. The van der Waals surface area contributed by atoms with Gasteiger partial charge in [-0.05, 0) is 30.3 Å². The molecule has 0 amide bonds. The smallest absolute Gasteiger partial charge is 0.206 e. The molecule has 0 aliphatic heterocycles. The number of nitriles is 1. The SMILES string of the molecule is COc1ccc(S(=O)(=O)c2ccc(F)c(C#N)c2)cc1O. The van der Waals surface area contributed by atoms with Gasteiger partial charge < -0.3 is 9.84 Å². The molecule has 0 saturated carbocycles. The topological polar surface area (TPSA) is 87.4 Å². The van der Waals surface area contributed by atoms with E-state index in [0.717, 1.165) is 24.3 Å². The van der Waals surface area contributed by atoms with Gasteiger partial charge in [-0.2, -0.15) is 5.26 Å². The van der Waals surface area contributed by atoms with Crippen molar-refractivity contribution in [2.24, 2.45) is 0 Å². The molecule has 0 spiro atoms. The summed E-state index contributed by atoms with van der Waals surface area (Å²) in [6.07, 6.45) is 0. The number of phenolic OH excluding ortho intramolecular Hbond substituents is 1. The predicted molar refractivity (Wildman–Crippen MR) is 71.2 cm³/mol. The Bertz CT molecular complexity index is 841. The molecule has 108 valence electrons. The fourth-order valence-electron chi connectivity index (χ4n) is 1.73. The maximum absolute atomic E-state index is 13.2. The number of hydrogen-bond donors (Lipinski definition) is 1. The average Bonchev–Trinajstić information content (AvgIpc) is 2.47. The lowest BCUT2D eigenvalue weighted by Gasteiger charge is -2.08. The van der Waals surface area contributed by atoms with E-state index >= 15 is 0 Å². The quantitative estimate of drug-likeness (QED) is 0.879. The van der Waals surface area contributed by atoms with Crippen molar-refractivity contribution in [3.05, 3.63) is 47.8 Å². The van der Waals surface area contributed by atoms with E-state index in [9.17, 15) is 17.9 Å². The van der Waals surface area contributed by atoms with Crippen LogP contribution in [0.1, 0.15) is 5.56 Å². The first kappa shape index (κ1) is 14.8. The first-order valence-corrected chi connectivity index (χ1v) is 7.20. The summed E-state index contributed by atoms with van der Waals surface area (Å²) in [6.45, 7) is 0. The van der Waals surface area contributed by atoms with Crippen molar-refractivity contribution < 1.29 is 22.7 Å². The van der Waals surface area contributed by atoms with Crippen LogP contribution in [0.4, 0.5) is 4.39 Å². The second-order valence-electron chi connectivity index (χ2n) is 4.09. The molecule has 1 N–H and O–H groups in total. The van der Waals surface area contributed by atoms with Gasteiger partial charge in [-0.1, -0.05) is 0 Å². The molecule has 0 aromatic heterocycles. The molecule has 0 aliphatic carbocycles. The maximum Gasteiger partial charge on any atom is 0.206 e. The van der Waals surface area contributed by atoms with Crippen molar-refractivity contribution in [1.82, 2.24) is 0 Å². The molecule has 2 aromatic rings. The van der Waals surface area contributed by atoms with Crippen LogP contribution in [0.5, 0.6) is 11.5 Å². The molecule has 5 nitrogen and oxygen atoms in total. The summed E-state index contributed by atoms with van der Waals surface area (Å²) in [5, 5.41) is 18.4. The molecule has 0 unspecified atom stereocenters. The molecule has 0 saturated heterocycles. The number of phenols is 1. The van der Waals surface area contributed by atoms with E-state index in [4.69, 9.17) is 10.00 Å². The Kier molecular flexibility index (Phi) is 3.82. The highest BCUT2D eigenvalue weighted by molar-refractivity contribution is 7.91. The van der Waals surface area contributed by atoms with Crippen LogP contribution in [-0.4, -0.2) is 20.6 Å². The first-order valence-electron chi connectivity index (χ1n) is 5.72. The maximum atomic E-state index is 13.2. The third-order valence-electron chi connectivity index (χ3n) is 2.83. The van der Waals surface area contributed by atoms with E-state index in [1.165, 1.54) is 19.2 Å². The Morgan fingerprint density at radius 2 is 1.81 bits per heavy atom. The molecule has 2 aromatic carbocycles. The van der Waals surface area contributed by atoms with Gasteiger partial charge in [0.05, 0.1) is 22.5 Å². The normalized spacial score (nSPS) is 10.9. The summed E-state index contributed by atoms with van der Waals surface area (Å²) in [4.78, 5) is -0.415. The summed E-state index contributed by atoms with van der Waals surface area (Å²) in [5.74, 6) is -0.999. The van der Waals surface area contributed by atoms with Crippen LogP contribution in [0.25, 0.3) is 0 Å².